The number of aliphatic carboxylic acids is 1. The molecule has 1 aliphatic rings. The zero-order valence-corrected chi connectivity index (χ0v) is 19.5. The maximum absolute atomic E-state index is 13.2. The van der Waals surface area contributed by atoms with E-state index in [0.29, 0.717) is 42.5 Å². The first kappa shape index (κ1) is 22.8. The average molecular weight is 491 g/mol. The molecule has 0 aliphatic carbocycles. The minimum atomic E-state index is -0.827. The van der Waals surface area contributed by atoms with Crippen molar-refractivity contribution in [1.29, 1.82) is 0 Å². The Hall–Kier alpha value is -3.95. The average Bonchev–Trinajstić information content (AvgIpc) is 3.28. The lowest BCUT2D eigenvalue weighted by Crippen LogP contribution is -2.48. The summed E-state index contributed by atoms with van der Waals surface area (Å²) in [6.45, 7) is 2.65. The number of piperazine rings is 1. The molecule has 4 aromatic rings. The van der Waals surface area contributed by atoms with Gasteiger partial charge in [-0.15, -0.1) is 0 Å². The Labute approximate surface area is 206 Å². The van der Waals surface area contributed by atoms with Crippen LogP contribution < -0.4 is 10.2 Å². The van der Waals surface area contributed by atoms with E-state index in [9.17, 15) is 9.59 Å². The molecule has 1 saturated heterocycles. The topological polar surface area (TPSA) is 103 Å². The van der Waals surface area contributed by atoms with Gasteiger partial charge in [-0.25, -0.2) is 9.50 Å². The smallest absolute Gasteiger partial charge is 0.317 e. The summed E-state index contributed by atoms with van der Waals surface area (Å²) in [6.07, 6.45) is 3.41. The van der Waals surface area contributed by atoms with Crippen LogP contribution in [0.2, 0.25) is 5.02 Å². The predicted molar refractivity (Wildman–Crippen MR) is 134 cm³/mol. The van der Waals surface area contributed by atoms with Gasteiger partial charge in [0.2, 0.25) is 0 Å². The summed E-state index contributed by atoms with van der Waals surface area (Å²) in [5.41, 5.74) is 4.03. The molecule has 1 aliphatic heterocycles. The zero-order chi connectivity index (χ0) is 24.4. The molecule has 0 spiro atoms. The molecular formula is C25H23ClN6O3. The van der Waals surface area contributed by atoms with Gasteiger partial charge in [0, 0.05) is 43.0 Å². The number of hydrogen-bond donors (Lipinski definition) is 2. The molecule has 1 fully saturated rings. The quantitative estimate of drug-likeness (QED) is 0.426. The Balaban J connectivity index is 1.37. The monoisotopic (exact) mass is 490 g/mol. The van der Waals surface area contributed by atoms with E-state index in [1.54, 1.807) is 29.0 Å². The van der Waals surface area contributed by atoms with Crippen LogP contribution in [0.1, 0.15) is 10.5 Å². The summed E-state index contributed by atoms with van der Waals surface area (Å²) >= 11 is 6.15. The third-order valence-electron chi connectivity index (χ3n) is 5.96. The third kappa shape index (κ3) is 4.96. The molecule has 0 atom stereocenters. The van der Waals surface area contributed by atoms with Crippen molar-refractivity contribution in [3.8, 4) is 11.1 Å². The van der Waals surface area contributed by atoms with Crippen LogP contribution in [0.25, 0.3) is 16.8 Å². The van der Waals surface area contributed by atoms with E-state index >= 15 is 0 Å². The summed E-state index contributed by atoms with van der Waals surface area (Å²) in [6, 6.07) is 16.6. The standard InChI is InChI=1S/C25H23ClN6O3/c26-18-5-3-4-17(14-18)19-15-27-32-9-8-21(28-24(19)32)25(35)29-20-6-1-2-7-22(20)31-12-10-30(11-13-31)16-23(33)34/h1-9,14-15H,10-13,16H2,(H,29,35)(H,33,34). The summed E-state index contributed by atoms with van der Waals surface area (Å²) in [5, 5.41) is 17.0. The number of carboxylic acids is 1. The van der Waals surface area contributed by atoms with Gasteiger partial charge < -0.3 is 15.3 Å². The number of carbonyl (C=O) groups is 2. The molecule has 1 amide bonds. The second kappa shape index (κ2) is 9.73. The number of halogens is 1. The first-order chi connectivity index (χ1) is 17.0. The highest BCUT2D eigenvalue weighted by Crippen LogP contribution is 2.28. The number of rotatable bonds is 6. The van der Waals surface area contributed by atoms with E-state index in [-0.39, 0.29) is 18.1 Å². The molecule has 5 rings (SSSR count). The maximum Gasteiger partial charge on any atom is 0.317 e. The number of hydrogen-bond acceptors (Lipinski definition) is 6. The first-order valence-corrected chi connectivity index (χ1v) is 11.6. The fraction of sp³-hybridized carbons (Fsp3) is 0.200. The van der Waals surface area contributed by atoms with E-state index in [1.807, 2.05) is 47.4 Å². The summed E-state index contributed by atoms with van der Waals surface area (Å²) in [4.78, 5) is 32.8. The highest BCUT2D eigenvalue weighted by Gasteiger charge is 2.22. The number of fused-ring (bicyclic) bond motifs is 1. The van der Waals surface area contributed by atoms with Gasteiger partial charge in [0.1, 0.15) is 5.69 Å². The van der Waals surface area contributed by atoms with Crippen molar-refractivity contribution in [3.05, 3.63) is 77.7 Å². The lowest BCUT2D eigenvalue weighted by molar-refractivity contribution is -0.138. The van der Waals surface area contributed by atoms with Crippen molar-refractivity contribution in [1.82, 2.24) is 19.5 Å². The van der Waals surface area contributed by atoms with Crippen LogP contribution in [0.15, 0.2) is 67.0 Å². The highest BCUT2D eigenvalue weighted by atomic mass is 35.5. The van der Waals surface area contributed by atoms with Crippen molar-refractivity contribution in [3.63, 3.8) is 0 Å². The summed E-state index contributed by atoms with van der Waals surface area (Å²) < 4.78 is 1.62. The Morgan fingerprint density at radius 2 is 1.83 bits per heavy atom. The number of benzene rings is 2. The lowest BCUT2D eigenvalue weighted by atomic mass is 10.1. The van der Waals surface area contributed by atoms with Crippen LogP contribution in [-0.2, 0) is 4.79 Å². The minimum absolute atomic E-state index is 0.0339. The fourth-order valence-corrected chi connectivity index (χ4v) is 4.42. The predicted octanol–water partition coefficient (Wildman–Crippen LogP) is 3.51. The van der Waals surface area contributed by atoms with E-state index in [4.69, 9.17) is 16.7 Å². The van der Waals surface area contributed by atoms with Crippen LogP contribution in [0.5, 0.6) is 0 Å². The third-order valence-corrected chi connectivity index (χ3v) is 6.20. The van der Waals surface area contributed by atoms with Gasteiger partial charge in [-0.05, 0) is 35.9 Å². The van der Waals surface area contributed by atoms with Gasteiger partial charge in [0.15, 0.2) is 5.65 Å². The summed E-state index contributed by atoms with van der Waals surface area (Å²) in [7, 11) is 0. The van der Waals surface area contributed by atoms with Crippen LogP contribution in [0, 0.1) is 0 Å². The highest BCUT2D eigenvalue weighted by molar-refractivity contribution is 6.30. The normalized spacial score (nSPS) is 14.3. The Morgan fingerprint density at radius 3 is 2.60 bits per heavy atom. The Bertz CT molecular complexity index is 1400. The Kier molecular flexibility index (Phi) is 6.35. The fourth-order valence-electron chi connectivity index (χ4n) is 4.23. The van der Waals surface area contributed by atoms with Gasteiger partial charge in [-0.1, -0.05) is 35.9 Å². The second-order valence-electron chi connectivity index (χ2n) is 8.28. The first-order valence-electron chi connectivity index (χ1n) is 11.2. The van der Waals surface area contributed by atoms with E-state index in [2.05, 4.69) is 20.3 Å². The van der Waals surface area contributed by atoms with E-state index < -0.39 is 5.97 Å². The molecule has 0 saturated carbocycles. The molecule has 0 bridgehead atoms. The number of anilines is 2. The molecule has 0 unspecified atom stereocenters. The second-order valence-corrected chi connectivity index (χ2v) is 8.71. The maximum atomic E-state index is 13.2. The molecule has 178 valence electrons. The number of nitrogens with zero attached hydrogens (tertiary/aromatic N) is 5. The summed E-state index contributed by atoms with van der Waals surface area (Å²) in [5.74, 6) is -1.16. The van der Waals surface area contributed by atoms with Crippen LogP contribution in [-0.4, -0.2) is 69.2 Å². The number of amides is 1. The SMILES string of the molecule is O=C(O)CN1CCN(c2ccccc2NC(=O)c2ccn3ncc(-c4cccc(Cl)c4)c3n2)CC1. The molecule has 35 heavy (non-hydrogen) atoms. The van der Waals surface area contributed by atoms with Crippen molar-refractivity contribution >= 4 is 40.5 Å². The largest absolute Gasteiger partial charge is 0.480 e. The van der Waals surface area contributed by atoms with Gasteiger partial charge >= 0.3 is 5.97 Å². The van der Waals surface area contributed by atoms with Gasteiger partial charge in [-0.2, -0.15) is 5.10 Å². The number of aromatic nitrogens is 3. The molecule has 3 heterocycles. The number of para-hydroxylation sites is 2. The molecule has 2 N–H and O–H groups in total. The van der Waals surface area contributed by atoms with Crippen LogP contribution in [0.4, 0.5) is 11.4 Å². The Morgan fingerprint density at radius 1 is 1.03 bits per heavy atom. The number of carboxylic acid groups (broad SMARTS) is 1. The molecule has 2 aromatic carbocycles. The van der Waals surface area contributed by atoms with E-state index in [1.165, 1.54) is 0 Å². The molecule has 9 nitrogen and oxygen atoms in total. The van der Waals surface area contributed by atoms with Crippen molar-refractivity contribution in [2.45, 2.75) is 0 Å². The van der Waals surface area contributed by atoms with Crippen LogP contribution in [0.3, 0.4) is 0 Å². The van der Waals surface area contributed by atoms with Crippen LogP contribution >= 0.6 is 11.6 Å². The lowest BCUT2D eigenvalue weighted by Gasteiger charge is -2.36. The van der Waals surface area contributed by atoms with Crippen molar-refractivity contribution < 1.29 is 14.7 Å². The van der Waals surface area contributed by atoms with Crippen molar-refractivity contribution in [2.75, 3.05) is 42.9 Å². The molecule has 0 radical (unpaired) electrons. The molecular weight excluding hydrogens is 468 g/mol. The van der Waals surface area contributed by atoms with E-state index in [0.717, 1.165) is 16.8 Å². The number of carbonyl (C=O) groups excluding carboxylic acids is 1. The zero-order valence-electron chi connectivity index (χ0n) is 18.8. The van der Waals surface area contributed by atoms with Crippen molar-refractivity contribution in [2.24, 2.45) is 0 Å². The number of nitrogens with one attached hydrogen (secondary N) is 1. The minimum Gasteiger partial charge on any atom is -0.480 e. The van der Waals surface area contributed by atoms with Gasteiger partial charge in [0.25, 0.3) is 5.91 Å². The van der Waals surface area contributed by atoms with Gasteiger partial charge in [-0.3, -0.25) is 14.5 Å². The molecule has 2 aromatic heterocycles. The van der Waals surface area contributed by atoms with Gasteiger partial charge in [0.05, 0.1) is 24.1 Å². The molecule has 10 heteroatoms.